The van der Waals surface area contributed by atoms with E-state index in [2.05, 4.69) is 9.38 Å². The number of aryl methyl sites for hydroxylation is 1. The van der Waals surface area contributed by atoms with Crippen molar-refractivity contribution in [3.63, 3.8) is 0 Å². The fraction of sp³-hybridized carbons (Fsp3) is 0.261. The van der Waals surface area contributed by atoms with Gasteiger partial charge in [-0.2, -0.15) is 8.42 Å². The lowest BCUT2D eigenvalue weighted by Crippen LogP contribution is -2.25. The number of sulfonamides is 1. The maximum Gasteiger partial charge on any atom is 0.306 e. The van der Waals surface area contributed by atoms with Crippen LogP contribution in [0.5, 0.6) is 5.75 Å². The first kappa shape index (κ1) is 25.3. The molecule has 11 heteroatoms. The highest BCUT2D eigenvalue weighted by Gasteiger charge is 2.20. The third-order valence-electron chi connectivity index (χ3n) is 4.88. The van der Waals surface area contributed by atoms with Crippen LogP contribution in [0.1, 0.15) is 15.5 Å². The van der Waals surface area contributed by atoms with Crippen molar-refractivity contribution in [1.29, 1.82) is 0 Å². The third kappa shape index (κ3) is 5.44. The molecule has 1 heterocycles. The van der Waals surface area contributed by atoms with Gasteiger partial charge in [0.05, 0.1) is 29.7 Å². The summed E-state index contributed by atoms with van der Waals surface area (Å²) in [6.45, 7) is 1.84. The van der Waals surface area contributed by atoms with Gasteiger partial charge in [-0.15, -0.1) is 15.7 Å². The van der Waals surface area contributed by atoms with E-state index in [1.165, 1.54) is 44.0 Å². The Labute approximate surface area is 203 Å². The molecule has 0 aliphatic carbocycles. The number of hydrogen-bond donors (Lipinski definition) is 0. The molecule has 0 bridgehead atoms. The average molecular weight is 503 g/mol. The molecule has 0 saturated carbocycles. The van der Waals surface area contributed by atoms with E-state index in [1.54, 1.807) is 38.2 Å². The van der Waals surface area contributed by atoms with Crippen molar-refractivity contribution in [1.82, 2.24) is 14.9 Å². The Morgan fingerprint density at radius 1 is 1.06 bits per heavy atom. The maximum atomic E-state index is 12.4. The molecule has 2 aromatic carbocycles. The Balaban J connectivity index is 2.00. The van der Waals surface area contributed by atoms with Crippen molar-refractivity contribution in [3.05, 3.63) is 53.2 Å². The molecule has 34 heavy (non-hydrogen) atoms. The van der Waals surface area contributed by atoms with Crippen LogP contribution >= 0.6 is 11.3 Å². The average Bonchev–Trinajstić information content (AvgIpc) is 3.23. The lowest BCUT2D eigenvalue weighted by molar-refractivity contribution is -0.0757. The number of carbonyl (C=O) groups is 1. The van der Waals surface area contributed by atoms with E-state index in [1.807, 2.05) is 25.1 Å². The lowest BCUT2D eigenvalue weighted by atomic mass is 10.0. The summed E-state index contributed by atoms with van der Waals surface area (Å²) in [6, 6.07) is 12.1. The number of hydroxylamine groups is 2. The van der Waals surface area contributed by atoms with Gasteiger partial charge in [-0.1, -0.05) is 12.1 Å². The summed E-state index contributed by atoms with van der Waals surface area (Å²) in [5.74, 6) is 0.298. The normalized spacial score (nSPS) is 11.6. The molecule has 180 valence electrons. The molecule has 0 radical (unpaired) electrons. The van der Waals surface area contributed by atoms with Gasteiger partial charge in [0.1, 0.15) is 12.1 Å². The Kier molecular flexibility index (Phi) is 7.70. The molecular formula is C23H26N4O5S2. The predicted octanol–water partition coefficient (Wildman–Crippen LogP) is 3.71. The number of nitrogens with zero attached hydrogens (tertiary/aromatic N) is 4. The Hall–Kier alpha value is -3.28. The van der Waals surface area contributed by atoms with Crippen molar-refractivity contribution in [2.24, 2.45) is 4.40 Å². The number of benzene rings is 2. The second-order valence-corrected chi connectivity index (χ2v) is 10.1. The molecule has 1 aromatic heterocycles. The standard InChI is InChI=1S/C23H26N4O5S2/c1-15-21(33-22(25-15)23(28)27(4)32-6)17-9-12-20(31-5)19(13-17)16-7-10-18(11-8-16)34(29,30)24-14-26(2)3/h7-14H,1-6H3/b24-14+. The molecule has 3 aromatic rings. The minimum atomic E-state index is -3.80. The molecule has 0 spiro atoms. The van der Waals surface area contributed by atoms with Gasteiger partial charge in [0, 0.05) is 26.7 Å². The number of amides is 1. The van der Waals surface area contributed by atoms with Crippen molar-refractivity contribution in [2.45, 2.75) is 11.8 Å². The Morgan fingerprint density at radius 3 is 2.29 bits per heavy atom. The summed E-state index contributed by atoms with van der Waals surface area (Å²) in [4.78, 5) is 24.3. The minimum absolute atomic E-state index is 0.0909. The second kappa shape index (κ2) is 10.3. The first-order chi connectivity index (χ1) is 16.1. The van der Waals surface area contributed by atoms with Crippen molar-refractivity contribution < 1.29 is 22.8 Å². The van der Waals surface area contributed by atoms with Crippen LogP contribution < -0.4 is 4.74 Å². The molecule has 1 amide bonds. The number of methoxy groups -OCH3 is 1. The Bertz CT molecular complexity index is 1320. The van der Waals surface area contributed by atoms with Gasteiger partial charge in [-0.25, -0.2) is 10.0 Å². The smallest absolute Gasteiger partial charge is 0.306 e. The first-order valence-corrected chi connectivity index (χ1v) is 12.4. The van der Waals surface area contributed by atoms with Crippen LogP contribution in [0.15, 0.2) is 51.8 Å². The van der Waals surface area contributed by atoms with E-state index in [-0.39, 0.29) is 10.8 Å². The summed E-state index contributed by atoms with van der Waals surface area (Å²) in [6.07, 6.45) is 1.25. The summed E-state index contributed by atoms with van der Waals surface area (Å²) < 4.78 is 34.0. The maximum absolute atomic E-state index is 12.4. The van der Waals surface area contributed by atoms with E-state index in [0.717, 1.165) is 26.6 Å². The van der Waals surface area contributed by atoms with E-state index in [9.17, 15) is 13.2 Å². The minimum Gasteiger partial charge on any atom is -0.496 e. The zero-order valence-corrected chi connectivity index (χ0v) is 21.4. The molecule has 3 rings (SSSR count). The van der Waals surface area contributed by atoms with Crippen molar-refractivity contribution in [2.75, 3.05) is 35.4 Å². The van der Waals surface area contributed by atoms with Gasteiger partial charge in [0.15, 0.2) is 5.01 Å². The van der Waals surface area contributed by atoms with Gasteiger partial charge in [0.2, 0.25) is 0 Å². The van der Waals surface area contributed by atoms with Crippen LogP contribution in [0.25, 0.3) is 21.6 Å². The van der Waals surface area contributed by atoms with Crippen LogP contribution in [0, 0.1) is 6.92 Å². The molecule has 0 fully saturated rings. The van der Waals surface area contributed by atoms with Gasteiger partial charge < -0.3 is 9.64 Å². The second-order valence-electron chi connectivity index (χ2n) is 7.52. The van der Waals surface area contributed by atoms with Gasteiger partial charge in [0.25, 0.3) is 10.0 Å². The molecule has 9 nitrogen and oxygen atoms in total. The number of rotatable bonds is 8. The highest BCUT2D eigenvalue weighted by atomic mass is 32.2. The van der Waals surface area contributed by atoms with Gasteiger partial charge in [-0.05, 0) is 48.4 Å². The molecule has 0 saturated heterocycles. The van der Waals surface area contributed by atoms with Gasteiger partial charge in [-0.3, -0.25) is 9.63 Å². The number of thiazole rings is 1. The van der Waals surface area contributed by atoms with Crippen LogP contribution in [-0.4, -0.2) is 71.0 Å². The summed E-state index contributed by atoms with van der Waals surface area (Å²) in [5, 5.41) is 1.45. The van der Waals surface area contributed by atoms with Crippen LogP contribution in [0.2, 0.25) is 0 Å². The van der Waals surface area contributed by atoms with E-state index >= 15 is 0 Å². The number of aromatic nitrogens is 1. The number of carbonyl (C=O) groups excluding carboxylic acids is 1. The zero-order chi connectivity index (χ0) is 25.0. The fourth-order valence-electron chi connectivity index (χ4n) is 3.07. The van der Waals surface area contributed by atoms with Crippen molar-refractivity contribution >= 4 is 33.6 Å². The SMILES string of the molecule is COc1ccc(-c2sc(C(=O)N(C)OC)nc2C)cc1-c1ccc(S(=O)(=O)/N=C/N(C)C)cc1. The van der Waals surface area contributed by atoms with Crippen LogP contribution in [-0.2, 0) is 14.9 Å². The highest BCUT2D eigenvalue weighted by molar-refractivity contribution is 7.90. The fourth-order valence-corrected chi connectivity index (χ4v) is 5.02. The first-order valence-electron chi connectivity index (χ1n) is 10.1. The topological polar surface area (TPSA) is 101 Å². The van der Waals surface area contributed by atoms with Gasteiger partial charge >= 0.3 is 5.91 Å². The monoisotopic (exact) mass is 502 g/mol. The van der Waals surface area contributed by atoms with Crippen LogP contribution in [0.3, 0.4) is 0 Å². The number of hydrogen-bond acceptors (Lipinski definition) is 7. The van der Waals surface area contributed by atoms with E-state index in [0.29, 0.717) is 16.5 Å². The van der Waals surface area contributed by atoms with Crippen LogP contribution in [0.4, 0.5) is 0 Å². The molecule has 0 aliphatic heterocycles. The quantitative estimate of drug-likeness (QED) is 0.263. The zero-order valence-electron chi connectivity index (χ0n) is 19.8. The molecule has 0 N–H and O–H groups in total. The molecular weight excluding hydrogens is 476 g/mol. The lowest BCUT2D eigenvalue weighted by Gasteiger charge is -2.12. The summed E-state index contributed by atoms with van der Waals surface area (Å²) in [5.41, 5.74) is 3.12. The molecule has 0 unspecified atom stereocenters. The van der Waals surface area contributed by atoms with E-state index < -0.39 is 10.0 Å². The van der Waals surface area contributed by atoms with E-state index in [4.69, 9.17) is 9.57 Å². The molecule has 0 aliphatic rings. The predicted molar refractivity (Wildman–Crippen MR) is 133 cm³/mol. The summed E-state index contributed by atoms with van der Waals surface area (Å²) >= 11 is 1.27. The summed E-state index contributed by atoms with van der Waals surface area (Å²) in [7, 11) is 4.11. The highest BCUT2D eigenvalue weighted by Crippen LogP contribution is 2.38. The van der Waals surface area contributed by atoms with Crippen molar-refractivity contribution in [3.8, 4) is 27.3 Å². The third-order valence-corrected chi connectivity index (χ3v) is 7.32. The number of ether oxygens (including phenoxy) is 1. The Morgan fingerprint density at radius 2 is 1.71 bits per heavy atom. The largest absolute Gasteiger partial charge is 0.496 e. The molecule has 0 atom stereocenters.